The van der Waals surface area contributed by atoms with Crippen LogP contribution < -0.4 is 10.1 Å². The summed E-state index contributed by atoms with van der Waals surface area (Å²) in [6, 6.07) is 7.84. The van der Waals surface area contributed by atoms with Crippen molar-refractivity contribution in [2.75, 3.05) is 27.2 Å². The molecule has 1 saturated heterocycles. The molecule has 24 heavy (non-hydrogen) atoms. The molecule has 0 aromatic heterocycles. The Labute approximate surface area is 143 Å². The molecule has 0 unspecified atom stereocenters. The monoisotopic (exact) mass is 333 g/mol. The highest BCUT2D eigenvalue weighted by molar-refractivity contribution is 6.06. The summed E-state index contributed by atoms with van der Waals surface area (Å²) in [6.07, 6.45) is 0.727. The van der Waals surface area contributed by atoms with E-state index >= 15 is 0 Å². The maximum Gasteiger partial charge on any atom is 0.325 e. The number of carbonyl (C=O) groups is 2. The SMILES string of the molecule is COc1ccccc1[C@@H](C)N(C)CCCN1C(=O)NC(C)(C)C1=O. The number of hydrogen-bond acceptors (Lipinski definition) is 4. The molecular weight excluding hydrogens is 306 g/mol. The largest absolute Gasteiger partial charge is 0.496 e. The lowest BCUT2D eigenvalue weighted by atomic mass is 10.1. The molecule has 1 atom stereocenters. The van der Waals surface area contributed by atoms with E-state index in [-0.39, 0.29) is 18.0 Å². The van der Waals surface area contributed by atoms with Crippen LogP contribution in [0.25, 0.3) is 0 Å². The van der Waals surface area contributed by atoms with Crippen LogP contribution in [0.5, 0.6) is 5.75 Å². The molecule has 1 aromatic carbocycles. The maximum atomic E-state index is 12.2. The number of nitrogens with one attached hydrogen (secondary N) is 1. The highest BCUT2D eigenvalue weighted by atomic mass is 16.5. The number of amides is 3. The molecular formula is C18H27N3O3. The highest BCUT2D eigenvalue weighted by Gasteiger charge is 2.43. The van der Waals surface area contributed by atoms with Crippen molar-refractivity contribution in [3.8, 4) is 5.75 Å². The fourth-order valence-corrected chi connectivity index (χ4v) is 2.94. The van der Waals surface area contributed by atoms with Crippen molar-refractivity contribution in [2.45, 2.75) is 38.8 Å². The van der Waals surface area contributed by atoms with Crippen LogP contribution in [0.1, 0.15) is 38.8 Å². The Morgan fingerprint density at radius 3 is 2.54 bits per heavy atom. The molecule has 2 rings (SSSR count). The van der Waals surface area contributed by atoms with Gasteiger partial charge in [-0.2, -0.15) is 0 Å². The van der Waals surface area contributed by atoms with Crippen molar-refractivity contribution in [1.82, 2.24) is 15.1 Å². The van der Waals surface area contributed by atoms with Crippen LogP contribution in [0, 0.1) is 0 Å². The first-order valence-corrected chi connectivity index (χ1v) is 8.25. The molecule has 0 bridgehead atoms. The molecule has 0 saturated carbocycles. The number of rotatable bonds is 7. The summed E-state index contributed by atoms with van der Waals surface area (Å²) in [4.78, 5) is 27.5. The summed E-state index contributed by atoms with van der Waals surface area (Å²) >= 11 is 0. The Morgan fingerprint density at radius 2 is 1.96 bits per heavy atom. The highest BCUT2D eigenvalue weighted by Crippen LogP contribution is 2.28. The molecule has 6 nitrogen and oxygen atoms in total. The number of nitrogens with zero attached hydrogens (tertiary/aromatic N) is 2. The van der Waals surface area contributed by atoms with Gasteiger partial charge in [-0.05, 0) is 40.3 Å². The predicted molar refractivity (Wildman–Crippen MR) is 93.0 cm³/mol. The Balaban J connectivity index is 1.90. The number of imide groups is 1. The van der Waals surface area contributed by atoms with E-state index < -0.39 is 5.54 Å². The van der Waals surface area contributed by atoms with E-state index in [1.807, 2.05) is 25.2 Å². The lowest BCUT2D eigenvalue weighted by Crippen LogP contribution is -2.40. The van der Waals surface area contributed by atoms with E-state index in [1.165, 1.54) is 4.90 Å². The average Bonchev–Trinajstić information content (AvgIpc) is 2.75. The minimum absolute atomic E-state index is 0.159. The van der Waals surface area contributed by atoms with Gasteiger partial charge in [0.2, 0.25) is 0 Å². The van der Waals surface area contributed by atoms with Crippen molar-refractivity contribution in [2.24, 2.45) is 0 Å². The minimum Gasteiger partial charge on any atom is -0.496 e. The summed E-state index contributed by atoms with van der Waals surface area (Å²) < 4.78 is 5.42. The molecule has 0 aliphatic carbocycles. The second-order valence-corrected chi connectivity index (χ2v) is 6.76. The summed E-state index contributed by atoms with van der Waals surface area (Å²) in [5.41, 5.74) is 0.326. The van der Waals surface area contributed by atoms with E-state index in [1.54, 1.807) is 21.0 Å². The van der Waals surface area contributed by atoms with E-state index in [4.69, 9.17) is 4.74 Å². The summed E-state index contributed by atoms with van der Waals surface area (Å²) in [7, 11) is 3.71. The van der Waals surface area contributed by atoms with Gasteiger partial charge in [-0.15, -0.1) is 0 Å². The van der Waals surface area contributed by atoms with Crippen molar-refractivity contribution >= 4 is 11.9 Å². The molecule has 1 N–H and O–H groups in total. The van der Waals surface area contributed by atoms with Gasteiger partial charge in [0.25, 0.3) is 5.91 Å². The lowest BCUT2D eigenvalue weighted by Gasteiger charge is -2.27. The average molecular weight is 333 g/mol. The molecule has 3 amide bonds. The third-order valence-electron chi connectivity index (χ3n) is 4.59. The first kappa shape index (κ1) is 18.3. The summed E-state index contributed by atoms with van der Waals surface area (Å²) in [5.74, 6) is 0.709. The maximum absolute atomic E-state index is 12.2. The van der Waals surface area contributed by atoms with Gasteiger partial charge in [-0.25, -0.2) is 4.79 Å². The van der Waals surface area contributed by atoms with Crippen LogP contribution in [0.2, 0.25) is 0 Å². The molecule has 1 aliphatic heterocycles. The fraction of sp³-hybridized carbons (Fsp3) is 0.556. The van der Waals surface area contributed by atoms with E-state index in [0.717, 1.165) is 24.3 Å². The summed E-state index contributed by atoms with van der Waals surface area (Å²) in [5, 5.41) is 2.70. The molecule has 1 heterocycles. The first-order valence-electron chi connectivity index (χ1n) is 8.25. The van der Waals surface area contributed by atoms with E-state index in [9.17, 15) is 9.59 Å². The zero-order valence-corrected chi connectivity index (χ0v) is 15.1. The van der Waals surface area contributed by atoms with Gasteiger partial charge in [0, 0.05) is 24.7 Å². The number of ether oxygens (including phenoxy) is 1. The fourth-order valence-electron chi connectivity index (χ4n) is 2.94. The molecule has 1 fully saturated rings. The van der Waals surface area contributed by atoms with Crippen molar-refractivity contribution in [3.05, 3.63) is 29.8 Å². The Kier molecular flexibility index (Phi) is 5.49. The van der Waals surface area contributed by atoms with Gasteiger partial charge < -0.3 is 10.1 Å². The molecule has 1 aliphatic rings. The number of methoxy groups -OCH3 is 1. The van der Waals surface area contributed by atoms with Gasteiger partial charge in [-0.3, -0.25) is 14.6 Å². The number of urea groups is 1. The zero-order chi connectivity index (χ0) is 17.9. The molecule has 6 heteroatoms. The van der Waals surface area contributed by atoms with E-state index in [0.29, 0.717) is 6.54 Å². The van der Waals surface area contributed by atoms with Crippen molar-refractivity contribution < 1.29 is 14.3 Å². The number of hydrogen-bond donors (Lipinski definition) is 1. The van der Waals surface area contributed by atoms with Crippen LogP contribution in [-0.2, 0) is 4.79 Å². The van der Waals surface area contributed by atoms with Gasteiger partial charge in [-0.1, -0.05) is 18.2 Å². The van der Waals surface area contributed by atoms with E-state index in [2.05, 4.69) is 23.2 Å². The second-order valence-electron chi connectivity index (χ2n) is 6.76. The van der Waals surface area contributed by atoms with Crippen LogP contribution in [-0.4, -0.2) is 54.5 Å². The number of carbonyl (C=O) groups excluding carboxylic acids is 2. The molecule has 0 radical (unpaired) electrons. The Bertz CT molecular complexity index is 615. The number of para-hydroxylation sites is 1. The van der Waals surface area contributed by atoms with Gasteiger partial charge >= 0.3 is 6.03 Å². The standard InChI is InChI=1S/C18H27N3O3/c1-13(14-9-6-7-10-15(14)24-5)20(4)11-8-12-21-16(22)18(2,3)19-17(21)23/h6-7,9-10,13H,8,11-12H2,1-5H3,(H,19,23)/t13-/m1/s1. The van der Waals surface area contributed by atoms with Crippen LogP contribution >= 0.6 is 0 Å². The summed E-state index contributed by atoms with van der Waals surface area (Å²) in [6.45, 7) is 6.77. The Hall–Kier alpha value is -2.08. The van der Waals surface area contributed by atoms with Crippen LogP contribution in [0.3, 0.4) is 0 Å². The Morgan fingerprint density at radius 1 is 1.29 bits per heavy atom. The third kappa shape index (κ3) is 3.70. The van der Waals surface area contributed by atoms with Crippen LogP contribution in [0.15, 0.2) is 24.3 Å². The zero-order valence-electron chi connectivity index (χ0n) is 15.1. The quantitative estimate of drug-likeness (QED) is 0.779. The molecule has 132 valence electrons. The predicted octanol–water partition coefficient (Wildman–Crippen LogP) is 2.41. The smallest absolute Gasteiger partial charge is 0.325 e. The molecule has 1 aromatic rings. The number of benzene rings is 1. The lowest BCUT2D eigenvalue weighted by molar-refractivity contribution is -0.130. The first-order chi connectivity index (χ1) is 11.3. The van der Waals surface area contributed by atoms with Gasteiger partial charge in [0.1, 0.15) is 11.3 Å². The van der Waals surface area contributed by atoms with Gasteiger partial charge in [0.05, 0.1) is 7.11 Å². The second kappa shape index (κ2) is 7.21. The van der Waals surface area contributed by atoms with Crippen molar-refractivity contribution in [1.29, 1.82) is 0 Å². The normalized spacial score (nSPS) is 18.0. The molecule has 0 spiro atoms. The topological polar surface area (TPSA) is 61.9 Å². The minimum atomic E-state index is -0.798. The van der Waals surface area contributed by atoms with Crippen molar-refractivity contribution in [3.63, 3.8) is 0 Å². The third-order valence-corrected chi connectivity index (χ3v) is 4.59. The van der Waals surface area contributed by atoms with Crippen LogP contribution in [0.4, 0.5) is 4.79 Å². The van der Waals surface area contributed by atoms with Gasteiger partial charge in [0.15, 0.2) is 0 Å².